The summed E-state index contributed by atoms with van der Waals surface area (Å²) in [5.41, 5.74) is 8.32. The van der Waals surface area contributed by atoms with E-state index in [4.69, 9.17) is 43.1 Å². The van der Waals surface area contributed by atoms with Crippen molar-refractivity contribution < 1.29 is 43.2 Å². The second-order valence-electron chi connectivity index (χ2n) is 16.0. The normalized spacial score (nSPS) is 27.0. The van der Waals surface area contributed by atoms with Gasteiger partial charge in [0.05, 0.1) is 70.0 Å². The third kappa shape index (κ3) is 8.95. The molecule has 13 nitrogen and oxygen atoms in total. The summed E-state index contributed by atoms with van der Waals surface area (Å²) in [6.45, 7) is 13.2. The van der Waals surface area contributed by atoms with Crippen molar-refractivity contribution in [1.82, 2.24) is 14.8 Å². The molecular weight excluding hydrogens is 753 g/mol. The molecule has 0 aliphatic carbocycles. The second kappa shape index (κ2) is 20.3. The van der Waals surface area contributed by atoms with E-state index >= 15 is 0 Å². The van der Waals surface area contributed by atoms with Crippen molar-refractivity contribution in [2.24, 2.45) is 28.7 Å². The predicted molar refractivity (Wildman–Crippen MR) is 222 cm³/mol. The molecule has 59 heavy (non-hydrogen) atoms. The summed E-state index contributed by atoms with van der Waals surface area (Å²) in [6.07, 6.45) is 10.6. The molecule has 5 aliphatic heterocycles. The zero-order valence-corrected chi connectivity index (χ0v) is 35.7. The molecule has 2 N–H and O–H groups in total. The average Bonchev–Trinajstić information content (AvgIpc) is 3.79. The number of rotatable bonds is 8. The Balaban J connectivity index is 0.000000198. The van der Waals surface area contributed by atoms with Gasteiger partial charge in [-0.25, -0.2) is 0 Å². The molecule has 0 saturated carbocycles. The van der Waals surface area contributed by atoms with Crippen LogP contribution in [0.4, 0.5) is 5.69 Å². The first-order chi connectivity index (χ1) is 28.5. The van der Waals surface area contributed by atoms with E-state index in [-0.39, 0.29) is 18.3 Å². The van der Waals surface area contributed by atoms with Crippen molar-refractivity contribution >= 4 is 34.6 Å². The number of H-pyrrole nitrogens is 1. The number of piperidine rings is 3. The van der Waals surface area contributed by atoms with Gasteiger partial charge < -0.3 is 29.0 Å². The number of aromatic amines is 1. The van der Waals surface area contributed by atoms with E-state index in [0.717, 1.165) is 73.8 Å². The van der Waals surface area contributed by atoms with Crippen LogP contribution in [0.25, 0.3) is 10.9 Å². The number of carbonyl (C=O) groups excluding carboxylic acids is 4. The fourth-order valence-electron chi connectivity index (χ4n) is 10.6. The van der Waals surface area contributed by atoms with Gasteiger partial charge in [-0.15, -0.1) is 0 Å². The molecule has 2 aromatic carbocycles. The minimum atomic E-state index is -1.01. The molecule has 5 aliphatic rings. The van der Waals surface area contributed by atoms with Crippen molar-refractivity contribution in [2.75, 3.05) is 54.6 Å². The van der Waals surface area contributed by atoms with Gasteiger partial charge in [0.2, 0.25) is 0 Å². The molecule has 3 fully saturated rings. The van der Waals surface area contributed by atoms with Crippen molar-refractivity contribution in [3.05, 3.63) is 76.9 Å². The van der Waals surface area contributed by atoms with E-state index in [1.54, 1.807) is 28.4 Å². The molecule has 0 spiro atoms. The van der Waals surface area contributed by atoms with E-state index in [2.05, 4.69) is 60.7 Å². The molecule has 0 radical (unpaired) electrons. The quantitative estimate of drug-likeness (QED) is 0.223. The van der Waals surface area contributed by atoms with Gasteiger partial charge in [0.15, 0.2) is 0 Å². The number of hydrogen-bond acceptors (Lipinski definition) is 12. The Morgan fingerprint density at radius 1 is 0.831 bits per heavy atom. The molecule has 6 heterocycles. The minimum absolute atomic E-state index is 0.161. The third-order valence-electron chi connectivity index (χ3n) is 13.2. The molecule has 13 heteroatoms. The molecule has 8 rings (SSSR count). The number of aromatic nitrogens is 1. The highest BCUT2D eigenvalue weighted by Gasteiger charge is 2.53. The summed E-state index contributed by atoms with van der Waals surface area (Å²) in [5, 5.41) is 13.0. The fourth-order valence-corrected chi connectivity index (χ4v) is 10.6. The first kappa shape index (κ1) is 45.1. The standard InChI is InChI=1S/C22H30N2O3.C22H30N2O2.2CO2/c1-5-15-12-24-10-9-22(25)20-17(7-6-8-19(20)27-4)23-21(22)18(24)11-16(15)14(2)13-26-3;1-5-15-12-24-10-9-16-21-18(7-6-8-20(21)26-4)23-22(16)19(24)11-17(15)14(2)13-25-3;2*2-1-3/h6-8,13,15-16,18,25H,5,9-12H2,1-4H3;6-8,13,15,17,19,23H,5,9-12H2,1-4H3;;/b2*14-13+;;/t15-,16-,18+,22+;15-,17-,19+;;/m11../s1. The maximum atomic E-state index is 11.7. The van der Waals surface area contributed by atoms with E-state index in [1.807, 2.05) is 30.7 Å². The molecule has 3 saturated heterocycles. The number of hydrogen-bond donors (Lipinski definition) is 2. The predicted octanol–water partition coefficient (Wildman–Crippen LogP) is 7.14. The van der Waals surface area contributed by atoms with Gasteiger partial charge in [-0.05, 0) is 104 Å². The Morgan fingerprint density at radius 2 is 1.37 bits per heavy atom. The molecule has 0 unspecified atom stereocenters. The largest absolute Gasteiger partial charge is 0.504 e. The summed E-state index contributed by atoms with van der Waals surface area (Å²) in [5.74, 6) is 4.07. The molecule has 0 amide bonds. The van der Waals surface area contributed by atoms with Crippen molar-refractivity contribution in [1.29, 1.82) is 0 Å². The van der Waals surface area contributed by atoms with E-state index in [0.29, 0.717) is 36.1 Å². The minimum Gasteiger partial charge on any atom is -0.504 e. The van der Waals surface area contributed by atoms with Crippen LogP contribution in [-0.4, -0.2) is 98.6 Å². The highest BCUT2D eigenvalue weighted by molar-refractivity contribution is 6.05. The first-order valence-corrected chi connectivity index (χ1v) is 20.6. The van der Waals surface area contributed by atoms with Gasteiger partial charge in [0.25, 0.3) is 0 Å². The van der Waals surface area contributed by atoms with Crippen LogP contribution in [0.2, 0.25) is 0 Å². The van der Waals surface area contributed by atoms with Crippen LogP contribution in [0.3, 0.4) is 0 Å². The summed E-state index contributed by atoms with van der Waals surface area (Å²) < 4.78 is 21.8. The van der Waals surface area contributed by atoms with Gasteiger partial charge in [-0.2, -0.15) is 19.2 Å². The van der Waals surface area contributed by atoms with E-state index in [9.17, 15) is 5.11 Å². The maximum absolute atomic E-state index is 11.7. The fraction of sp³-hybridized carbons (Fsp3) is 0.543. The van der Waals surface area contributed by atoms with Crippen molar-refractivity contribution in [3.63, 3.8) is 0 Å². The first-order valence-electron chi connectivity index (χ1n) is 20.6. The lowest BCUT2D eigenvalue weighted by Gasteiger charge is -2.50. The number of nitrogens with zero attached hydrogens (tertiary/aromatic N) is 3. The number of benzene rings is 2. The monoisotopic (exact) mass is 812 g/mol. The molecular formula is C46H60N4O9. The number of ether oxygens (including phenoxy) is 4. The van der Waals surface area contributed by atoms with Gasteiger partial charge in [-0.3, -0.25) is 14.8 Å². The molecule has 1 aromatic heterocycles. The summed E-state index contributed by atoms with van der Waals surface area (Å²) in [4.78, 5) is 46.4. The lowest BCUT2D eigenvalue weighted by molar-refractivity contribution is -0.193. The smallest absolute Gasteiger partial charge is 0.373 e. The van der Waals surface area contributed by atoms with Crippen LogP contribution in [0.5, 0.6) is 11.5 Å². The number of allylic oxidation sites excluding steroid dienone is 2. The van der Waals surface area contributed by atoms with Crippen LogP contribution in [0, 0.1) is 23.7 Å². The Bertz CT molecular complexity index is 2070. The third-order valence-corrected chi connectivity index (χ3v) is 13.2. The van der Waals surface area contributed by atoms with Crippen LogP contribution in [0.15, 0.2) is 65.1 Å². The van der Waals surface area contributed by atoms with Crippen molar-refractivity contribution in [3.8, 4) is 11.5 Å². The highest BCUT2D eigenvalue weighted by atomic mass is 16.5. The molecule has 318 valence electrons. The summed E-state index contributed by atoms with van der Waals surface area (Å²) in [7, 11) is 6.89. The zero-order valence-electron chi connectivity index (χ0n) is 35.7. The number of nitrogens with one attached hydrogen (secondary N) is 1. The average molecular weight is 813 g/mol. The van der Waals surface area contributed by atoms with Gasteiger partial charge in [0, 0.05) is 42.8 Å². The summed E-state index contributed by atoms with van der Waals surface area (Å²) >= 11 is 0. The molecule has 7 atom stereocenters. The van der Waals surface area contributed by atoms with E-state index < -0.39 is 5.60 Å². The Labute approximate surface area is 347 Å². The number of aliphatic imine (C=N–C) groups is 1. The van der Waals surface area contributed by atoms with Crippen LogP contribution >= 0.6 is 0 Å². The Kier molecular flexibility index (Phi) is 15.5. The lowest BCUT2D eigenvalue weighted by Crippen LogP contribution is -2.60. The summed E-state index contributed by atoms with van der Waals surface area (Å²) in [6, 6.07) is 12.8. The van der Waals surface area contributed by atoms with Crippen LogP contribution in [0.1, 0.15) is 82.7 Å². The lowest BCUT2D eigenvalue weighted by atomic mass is 9.70. The number of aliphatic hydroxyl groups is 1. The van der Waals surface area contributed by atoms with E-state index in [1.165, 1.54) is 46.3 Å². The topological polar surface area (TPSA) is 160 Å². The molecule has 0 bridgehead atoms. The molecule has 3 aromatic rings. The number of methoxy groups -OCH3 is 4. The van der Waals surface area contributed by atoms with Crippen LogP contribution < -0.4 is 9.47 Å². The highest BCUT2D eigenvalue weighted by Crippen LogP contribution is 2.52. The zero-order chi connectivity index (χ0) is 42.9. The SMILES string of the molecule is CC[C@@H]1CN2CC[C@@]3(O)C(=Nc4cccc(OC)c43)[C@@H]2C[C@@H]1/C(C)=C/OC.CC[C@@H]1CN2CCc3c([nH]c4cccc(OC)c34)[C@@H]2C[C@@H]1/C(C)=C/OC.O=C=O.O=C=O. The van der Waals surface area contributed by atoms with Crippen LogP contribution in [-0.2, 0) is 40.7 Å². The van der Waals surface area contributed by atoms with Gasteiger partial charge >= 0.3 is 12.3 Å². The van der Waals surface area contributed by atoms with Gasteiger partial charge in [0.1, 0.15) is 17.1 Å². The second-order valence-corrected chi connectivity index (χ2v) is 16.0. The number of fused-ring (bicyclic) bond motifs is 10. The maximum Gasteiger partial charge on any atom is 0.373 e. The Hall–Kier alpha value is -5.03. The van der Waals surface area contributed by atoms with Crippen molar-refractivity contribution in [2.45, 2.75) is 83.9 Å². The Morgan fingerprint density at radius 3 is 1.93 bits per heavy atom. The van der Waals surface area contributed by atoms with Gasteiger partial charge in [-0.1, -0.05) is 38.8 Å².